The summed E-state index contributed by atoms with van der Waals surface area (Å²) in [5, 5.41) is 7.20. The normalized spacial score (nSPS) is 14.6. The Labute approximate surface area is 165 Å². The molecule has 4 heterocycles. The number of piperidine rings is 1. The second kappa shape index (κ2) is 8.41. The average Bonchev–Trinajstić information content (AvgIpc) is 3.39. The number of aromatic nitrogens is 2. The fourth-order valence-electron chi connectivity index (χ4n) is 2.92. The minimum absolute atomic E-state index is 0.328. The fourth-order valence-corrected chi connectivity index (χ4v) is 4.72. The van der Waals surface area contributed by atoms with Gasteiger partial charge in [-0.25, -0.2) is 10.4 Å². The third-order valence-corrected chi connectivity index (χ3v) is 6.20. The predicted octanol–water partition coefficient (Wildman–Crippen LogP) is 4.02. The fraction of sp³-hybridized carbons (Fsp3) is 0.263. The maximum absolute atomic E-state index is 12.1. The van der Waals surface area contributed by atoms with E-state index in [2.05, 4.69) is 26.5 Å². The molecule has 27 heavy (non-hydrogen) atoms. The number of hydrogen-bond acceptors (Lipinski definition) is 7. The first-order valence-corrected chi connectivity index (χ1v) is 10.5. The summed E-state index contributed by atoms with van der Waals surface area (Å²) in [4.78, 5) is 25.4. The van der Waals surface area contributed by atoms with Gasteiger partial charge in [0.25, 0.3) is 5.91 Å². The van der Waals surface area contributed by atoms with E-state index < -0.39 is 0 Å². The summed E-state index contributed by atoms with van der Waals surface area (Å²) in [6.45, 7) is 2.09. The molecule has 3 aromatic rings. The lowest BCUT2D eigenvalue weighted by Crippen LogP contribution is -2.29. The van der Waals surface area contributed by atoms with Crippen LogP contribution in [0.2, 0.25) is 0 Å². The van der Waals surface area contributed by atoms with Crippen molar-refractivity contribution >= 4 is 39.9 Å². The summed E-state index contributed by atoms with van der Waals surface area (Å²) in [7, 11) is 0. The quantitative estimate of drug-likeness (QED) is 0.521. The molecule has 1 aliphatic heterocycles. The first kappa shape index (κ1) is 17.8. The minimum Gasteiger partial charge on any atom is -0.348 e. The molecule has 6 nitrogen and oxygen atoms in total. The summed E-state index contributed by atoms with van der Waals surface area (Å²) < 4.78 is 0. The molecular formula is C19H19N5OS2. The van der Waals surface area contributed by atoms with Crippen LogP contribution in [0.3, 0.4) is 0 Å². The molecule has 0 unspecified atom stereocenters. The summed E-state index contributed by atoms with van der Waals surface area (Å²) >= 11 is 3.27. The van der Waals surface area contributed by atoms with Crippen molar-refractivity contribution in [3.8, 4) is 10.6 Å². The molecule has 0 atom stereocenters. The number of hydrazone groups is 1. The third-order valence-electron chi connectivity index (χ3n) is 4.27. The molecule has 0 aliphatic carbocycles. The number of amides is 1. The second-order valence-corrected chi connectivity index (χ2v) is 8.11. The largest absolute Gasteiger partial charge is 0.348 e. The molecule has 1 amide bonds. The Hall–Kier alpha value is -2.58. The highest BCUT2D eigenvalue weighted by atomic mass is 32.1. The summed E-state index contributed by atoms with van der Waals surface area (Å²) in [5.41, 5.74) is 3.81. The van der Waals surface area contributed by atoms with Crippen LogP contribution in [0.15, 0.2) is 47.0 Å². The highest BCUT2D eigenvalue weighted by Gasteiger charge is 2.19. The van der Waals surface area contributed by atoms with Crippen molar-refractivity contribution < 1.29 is 4.79 Å². The van der Waals surface area contributed by atoms with Gasteiger partial charge < -0.3 is 4.90 Å². The highest BCUT2D eigenvalue weighted by molar-refractivity contribution is 7.18. The zero-order valence-corrected chi connectivity index (χ0v) is 16.3. The molecule has 3 aromatic heterocycles. The van der Waals surface area contributed by atoms with Gasteiger partial charge in [-0.2, -0.15) is 5.10 Å². The van der Waals surface area contributed by atoms with E-state index in [4.69, 9.17) is 4.98 Å². The number of anilines is 1. The van der Waals surface area contributed by atoms with Gasteiger partial charge in [0.2, 0.25) is 0 Å². The Morgan fingerprint density at radius 1 is 1.19 bits per heavy atom. The molecule has 0 radical (unpaired) electrons. The van der Waals surface area contributed by atoms with Crippen molar-refractivity contribution in [2.75, 3.05) is 18.0 Å². The standard InChI is InChI=1S/C19H19N5OS2/c25-18(14-7-2-3-9-20-14)23-21-13-16-17(15-8-6-12-26-15)22-19(27-16)24-10-4-1-5-11-24/h2-3,6-9,12-13H,1,4-5,10-11H2,(H,23,25)/b21-13+. The van der Waals surface area contributed by atoms with Crippen LogP contribution in [-0.4, -0.2) is 35.2 Å². The van der Waals surface area contributed by atoms with Crippen LogP contribution in [0.1, 0.15) is 34.6 Å². The number of nitrogens with zero attached hydrogens (tertiary/aromatic N) is 4. The van der Waals surface area contributed by atoms with Gasteiger partial charge in [-0.15, -0.1) is 11.3 Å². The van der Waals surface area contributed by atoms with E-state index in [1.165, 1.54) is 19.3 Å². The Morgan fingerprint density at radius 3 is 2.81 bits per heavy atom. The van der Waals surface area contributed by atoms with Crippen LogP contribution in [0.4, 0.5) is 5.13 Å². The van der Waals surface area contributed by atoms with E-state index in [0.29, 0.717) is 5.69 Å². The zero-order valence-electron chi connectivity index (χ0n) is 14.7. The molecule has 0 aromatic carbocycles. The van der Waals surface area contributed by atoms with Crippen LogP contribution in [0, 0.1) is 0 Å². The topological polar surface area (TPSA) is 70.5 Å². The van der Waals surface area contributed by atoms with Crippen molar-refractivity contribution in [3.63, 3.8) is 0 Å². The van der Waals surface area contributed by atoms with E-state index in [0.717, 1.165) is 33.7 Å². The lowest BCUT2D eigenvalue weighted by Gasteiger charge is -2.25. The molecule has 1 fully saturated rings. The van der Waals surface area contributed by atoms with Crippen LogP contribution in [-0.2, 0) is 0 Å². The number of rotatable bonds is 5. The van der Waals surface area contributed by atoms with Crippen molar-refractivity contribution in [2.24, 2.45) is 5.10 Å². The van der Waals surface area contributed by atoms with Crippen molar-refractivity contribution in [1.82, 2.24) is 15.4 Å². The van der Waals surface area contributed by atoms with E-state index in [1.54, 1.807) is 53.3 Å². The Morgan fingerprint density at radius 2 is 2.07 bits per heavy atom. The monoisotopic (exact) mass is 397 g/mol. The SMILES string of the molecule is O=C(N/N=C/c1sc(N2CCCCC2)nc1-c1cccs1)c1ccccn1. The summed E-state index contributed by atoms with van der Waals surface area (Å²) in [5.74, 6) is -0.328. The van der Waals surface area contributed by atoms with Gasteiger partial charge in [0, 0.05) is 19.3 Å². The molecule has 0 spiro atoms. The van der Waals surface area contributed by atoms with Gasteiger partial charge in [-0.05, 0) is 42.8 Å². The van der Waals surface area contributed by atoms with E-state index in [1.807, 2.05) is 11.4 Å². The molecule has 0 bridgehead atoms. The molecule has 0 saturated carbocycles. The zero-order chi connectivity index (χ0) is 18.5. The number of pyridine rings is 1. The van der Waals surface area contributed by atoms with Crippen LogP contribution < -0.4 is 10.3 Å². The van der Waals surface area contributed by atoms with E-state index >= 15 is 0 Å². The molecule has 4 rings (SSSR count). The molecular weight excluding hydrogens is 378 g/mol. The van der Waals surface area contributed by atoms with Gasteiger partial charge in [0.1, 0.15) is 11.4 Å². The number of thiazole rings is 1. The van der Waals surface area contributed by atoms with E-state index in [-0.39, 0.29) is 5.91 Å². The molecule has 1 aliphatic rings. The Kier molecular flexibility index (Phi) is 5.55. The van der Waals surface area contributed by atoms with Crippen LogP contribution >= 0.6 is 22.7 Å². The van der Waals surface area contributed by atoms with E-state index in [9.17, 15) is 4.79 Å². The number of carbonyl (C=O) groups excluding carboxylic acids is 1. The first-order valence-electron chi connectivity index (χ1n) is 8.85. The summed E-state index contributed by atoms with van der Waals surface area (Å²) in [6, 6.07) is 9.28. The number of nitrogens with one attached hydrogen (secondary N) is 1. The van der Waals surface area contributed by atoms with Crippen LogP contribution in [0.5, 0.6) is 0 Å². The molecule has 1 N–H and O–H groups in total. The number of carbonyl (C=O) groups is 1. The van der Waals surface area contributed by atoms with Crippen molar-refractivity contribution in [1.29, 1.82) is 0 Å². The van der Waals surface area contributed by atoms with Crippen molar-refractivity contribution in [3.05, 3.63) is 52.5 Å². The molecule has 1 saturated heterocycles. The average molecular weight is 398 g/mol. The Balaban J connectivity index is 1.55. The van der Waals surface area contributed by atoms with Gasteiger partial charge in [0.05, 0.1) is 16.0 Å². The van der Waals surface area contributed by atoms with Crippen molar-refractivity contribution in [2.45, 2.75) is 19.3 Å². The third kappa shape index (κ3) is 4.23. The number of thiophene rings is 1. The van der Waals surface area contributed by atoms with Gasteiger partial charge >= 0.3 is 0 Å². The summed E-state index contributed by atoms with van der Waals surface area (Å²) in [6.07, 6.45) is 6.96. The van der Waals surface area contributed by atoms with Gasteiger partial charge in [-0.1, -0.05) is 23.5 Å². The van der Waals surface area contributed by atoms with Gasteiger partial charge in [-0.3, -0.25) is 9.78 Å². The molecule has 8 heteroatoms. The Bertz CT molecular complexity index is 915. The maximum Gasteiger partial charge on any atom is 0.289 e. The maximum atomic E-state index is 12.1. The lowest BCUT2D eigenvalue weighted by atomic mass is 10.1. The second-order valence-electron chi connectivity index (χ2n) is 6.15. The smallest absolute Gasteiger partial charge is 0.289 e. The van der Waals surface area contributed by atoms with Gasteiger partial charge in [0.15, 0.2) is 5.13 Å². The van der Waals surface area contributed by atoms with Crippen LogP contribution in [0.25, 0.3) is 10.6 Å². The molecule has 138 valence electrons. The minimum atomic E-state index is -0.328. The first-order chi connectivity index (χ1) is 13.3. The predicted molar refractivity (Wildman–Crippen MR) is 111 cm³/mol. The lowest BCUT2D eigenvalue weighted by molar-refractivity contribution is 0.0950. The number of hydrogen-bond donors (Lipinski definition) is 1. The highest BCUT2D eigenvalue weighted by Crippen LogP contribution is 2.35.